The van der Waals surface area contributed by atoms with Gasteiger partial charge in [-0.2, -0.15) is 4.89 Å². The van der Waals surface area contributed by atoms with Crippen LogP contribution >= 0.6 is 8.03 Å². The zero-order valence-electron chi connectivity index (χ0n) is 2.29. The summed E-state index contributed by atoms with van der Waals surface area (Å²) < 4.78 is 9.15. The second-order valence-electron chi connectivity index (χ2n) is 0.408. The molecule has 0 rings (SSSR count). The Hall–Kier alpha value is -0.270. The highest BCUT2D eigenvalue weighted by atomic mass is 31.1. The van der Waals surface area contributed by atoms with E-state index in [1.807, 2.05) is 0 Å². The highest BCUT2D eigenvalue weighted by molar-refractivity contribution is 7.55. The quantitative estimate of drug-likeness (QED) is 0.364. The van der Waals surface area contributed by atoms with Crippen LogP contribution in [-0.4, -0.2) is 10.9 Å². The standard InChI is InChI=1S/CHO3P/c2-1-5(3)4/h1H/p+1. The number of hydrogen-bond acceptors (Lipinski definition) is 2. The van der Waals surface area contributed by atoms with Gasteiger partial charge in [0.15, 0.2) is 0 Å². The van der Waals surface area contributed by atoms with Crippen molar-refractivity contribution in [1.29, 1.82) is 0 Å². The van der Waals surface area contributed by atoms with Gasteiger partial charge in [0.05, 0.1) is 0 Å². The van der Waals surface area contributed by atoms with Crippen molar-refractivity contribution < 1.29 is 14.3 Å². The zero-order valence-corrected chi connectivity index (χ0v) is 3.18. The maximum atomic E-state index is 9.15. The van der Waals surface area contributed by atoms with Crippen LogP contribution in [0, 0.1) is 0 Å². The molecule has 4 heteroatoms. The summed E-state index contributed by atoms with van der Waals surface area (Å²) in [6.45, 7) is 0. The molecule has 0 spiro atoms. The van der Waals surface area contributed by atoms with E-state index in [4.69, 9.17) is 14.3 Å². The molecule has 0 aliphatic rings. The molecular formula is CH2O3P+. The Morgan fingerprint density at radius 2 is 2.00 bits per heavy atom. The van der Waals surface area contributed by atoms with E-state index in [1.165, 1.54) is 0 Å². The first-order valence-corrected chi connectivity index (χ1v) is 2.16. The van der Waals surface area contributed by atoms with Crippen molar-refractivity contribution in [2.24, 2.45) is 0 Å². The van der Waals surface area contributed by atoms with Gasteiger partial charge < -0.3 is 0 Å². The topological polar surface area (TPSA) is 54.4 Å². The predicted octanol–water partition coefficient (Wildman–Crippen LogP) is -0.0887. The third-order valence-electron chi connectivity index (χ3n) is 0.0902. The van der Waals surface area contributed by atoms with E-state index >= 15 is 0 Å². The SMILES string of the molecule is O=C[P+](=O)O. The van der Waals surface area contributed by atoms with Crippen LogP contribution in [0.15, 0.2) is 0 Å². The lowest BCUT2D eigenvalue weighted by atomic mass is 11.8. The summed E-state index contributed by atoms with van der Waals surface area (Å²) in [6.07, 6.45) is 0. The average Bonchev–Trinajstić information content (AvgIpc) is 1.38. The second kappa shape index (κ2) is 2.00. The van der Waals surface area contributed by atoms with E-state index in [0.717, 1.165) is 0 Å². The molecule has 0 aromatic carbocycles. The van der Waals surface area contributed by atoms with Gasteiger partial charge in [0, 0.05) is 0 Å². The van der Waals surface area contributed by atoms with Gasteiger partial charge in [-0.1, -0.05) is 0 Å². The van der Waals surface area contributed by atoms with Crippen molar-refractivity contribution in [3.63, 3.8) is 0 Å². The molecule has 0 saturated carbocycles. The van der Waals surface area contributed by atoms with E-state index < -0.39 is 8.03 Å². The minimum atomic E-state index is -2.53. The van der Waals surface area contributed by atoms with Gasteiger partial charge in [-0.3, -0.25) is 0 Å². The molecule has 1 N–H and O–H groups in total. The number of carbonyl (C=O) groups is 1. The van der Waals surface area contributed by atoms with E-state index in [0.29, 0.717) is 0 Å². The van der Waals surface area contributed by atoms with Crippen molar-refractivity contribution >= 4 is 14.1 Å². The first-order valence-electron chi connectivity index (χ1n) is 0.876. The summed E-state index contributed by atoms with van der Waals surface area (Å²) in [7, 11) is -2.53. The summed E-state index contributed by atoms with van der Waals surface area (Å²) in [5.41, 5.74) is 0. The summed E-state index contributed by atoms with van der Waals surface area (Å²) in [6, 6.07) is -0.0185. The van der Waals surface area contributed by atoms with Gasteiger partial charge in [-0.25, -0.2) is 4.79 Å². The van der Waals surface area contributed by atoms with Crippen molar-refractivity contribution in [3.05, 3.63) is 0 Å². The lowest BCUT2D eigenvalue weighted by molar-refractivity contribution is 0.504. The highest BCUT2D eigenvalue weighted by Crippen LogP contribution is 2.02. The largest absolute Gasteiger partial charge is 0.581 e. The summed E-state index contributed by atoms with van der Waals surface area (Å²) in [5.74, 6) is 0. The Labute approximate surface area is 29.5 Å². The van der Waals surface area contributed by atoms with E-state index in [1.54, 1.807) is 0 Å². The molecule has 0 heterocycles. The minimum Gasteiger partial charge on any atom is -0.240 e. The Balaban J connectivity index is 3.20. The molecule has 0 bridgehead atoms. The van der Waals surface area contributed by atoms with E-state index in [2.05, 4.69) is 0 Å². The third kappa shape index (κ3) is 3.73. The summed E-state index contributed by atoms with van der Waals surface area (Å²) >= 11 is 0. The smallest absolute Gasteiger partial charge is 0.240 e. The maximum Gasteiger partial charge on any atom is 0.581 e. The molecule has 5 heavy (non-hydrogen) atoms. The Kier molecular flexibility index (Phi) is 1.89. The van der Waals surface area contributed by atoms with Crippen LogP contribution in [0.5, 0.6) is 0 Å². The fraction of sp³-hybridized carbons (Fsp3) is 0. The fourth-order valence-electron chi connectivity index (χ4n) is 0. The van der Waals surface area contributed by atoms with Crippen LogP contribution in [0.3, 0.4) is 0 Å². The zero-order chi connectivity index (χ0) is 4.28. The van der Waals surface area contributed by atoms with Crippen LogP contribution in [0.25, 0.3) is 0 Å². The minimum absolute atomic E-state index is 0.0185. The van der Waals surface area contributed by atoms with Crippen LogP contribution in [0.4, 0.5) is 0 Å². The molecule has 1 unspecified atom stereocenters. The van der Waals surface area contributed by atoms with Gasteiger partial charge in [0.1, 0.15) is 0 Å². The number of carbonyl (C=O) groups excluding carboxylic acids is 1. The average molecular weight is 93.0 g/mol. The first kappa shape index (κ1) is 4.73. The molecule has 0 aliphatic carbocycles. The molecule has 0 aromatic heterocycles. The van der Waals surface area contributed by atoms with Crippen molar-refractivity contribution in [2.75, 3.05) is 0 Å². The first-order chi connectivity index (χ1) is 2.27. The highest BCUT2D eigenvalue weighted by Gasteiger charge is 2.01. The normalized spacial score (nSPS) is 10.2. The van der Waals surface area contributed by atoms with Gasteiger partial charge >= 0.3 is 14.1 Å². The lowest BCUT2D eigenvalue weighted by Crippen LogP contribution is -1.50. The molecule has 3 nitrogen and oxygen atoms in total. The molecular weight excluding hydrogens is 91.0 g/mol. The van der Waals surface area contributed by atoms with Gasteiger partial charge in [0.25, 0.3) is 0 Å². The summed E-state index contributed by atoms with van der Waals surface area (Å²) in [4.78, 5) is 16.5. The van der Waals surface area contributed by atoms with Crippen molar-refractivity contribution in [1.82, 2.24) is 0 Å². The molecule has 0 radical (unpaired) electrons. The van der Waals surface area contributed by atoms with Gasteiger partial charge in [0.2, 0.25) is 0 Å². The predicted molar refractivity (Wildman–Crippen MR) is 16.6 cm³/mol. The molecule has 0 aliphatic heterocycles. The van der Waals surface area contributed by atoms with Gasteiger partial charge in [-0.15, -0.1) is 0 Å². The maximum absolute atomic E-state index is 9.15. The molecule has 0 amide bonds. The van der Waals surface area contributed by atoms with Crippen LogP contribution in [0.1, 0.15) is 0 Å². The van der Waals surface area contributed by atoms with Crippen molar-refractivity contribution in [3.8, 4) is 0 Å². The molecule has 28 valence electrons. The van der Waals surface area contributed by atoms with E-state index in [-0.39, 0.29) is 6.03 Å². The fourth-order valence-corrected chi connectivity index (χ4v) is 0. The second-order valence-corrected chi connectivity index (χ2v) is 1.22. The summed E-state index contributed by atoms with van der Waals surface area (Å²) in [5, 5.41) is 0. The monoisotopic (exact) mass is 93.0 g/mol. The number of hydrogen-bond donors (Lipinski definition) is 1. The van der Waals surface area contributed by atoms with Crippen LogP contribution < -0.4 is 0 Å². The Morgan fingerprint density at radius 1 is 1.80 bits per heavy atom. The molecule has 1 atom stereocenters. The molecule has 0 saturated heterocycles. The van der Waals surface area contributed by atoms with Crippen LogP contribution in [-0.2, 0) is 9.36 Å². The molecule has 0 fully saturated rings. The van der Waals surface area contributed by atoms with Crippen LogP contribution in [0.2, 0.25) is 0 Å². The Bertz CT molecular complexity index is 57.9. The Morgan fingerprint density at radius 3 is 2.00 bits per heavy atom. The number of rotatable bonds is 1. The molecule has 0 aromatic rings. The third-order valence-corrected chi connectivity index (χ3v) is 0.271. The lowest BCUT2D eigenvalue weighted by Gasteiger charge is -1.37. The van der Waals surface area contributed by atoms with Gasteiger partial charge in [-0.05, 0) is 4.57 Å². The van der Waals surface area contributed by atoms with E-state index in [9.17, 15) is 0 Å². The van der Waals surface area contributed by atoms with Crippen molar-refractivity contribution in [2.45, 2.75) is 0 Å².